The number of aliphatic hydroxyl groups excluding tert-OH is 1. The number of aliphatic hydroxyl groups is 1. The lowest BCUT2D eigenvalue weighted by Gasteiger charge is -2.12. The molecule has 1 aliphatic rings. The number of hydrogen-bond acceptors (Lipinski definition) is 5. The second-order valence-corrected chi connectivity index (χ2v) is 5.62. The number of likely N-dealkylation sites (tertiary alicyclic amines) is 1. The molecule has 0 unspecified atom stereocenters. The average molecular weight is 264 g/mol. The first kappa shape index (κ1) is 11.9. The molecule has 0 saturated carbocycles. The lowest BCUT2D eigenvalue weighted by atomic mass is 10.3. The van der Waals surface area contributed by atoms with E-state index in [4.69, 9.17) is 4.42 Å². The molecule has 2 aromatic heterocycles. The smallest absolute Gasteiger partial charge is 0.236 e. The van der Waals surface area contributed by atoms with Gasteiger partial charge in [-0.3, -0.25) is 4.90 Å². The Hall–Kier alpha value is -1.17. The van der Waals surface area contributed by atoms with Crippen molar-refractivity contribution in [1.29, 1.82) is 0 Å². The zero-order valence-electron chi connectivity index (χ0n) is 10.3. The van der Waals surface area contributed by atoms with Crippen LogP contribution in [0.25, 0.3) is 10.8 Å². The Morgan fingerprint density at radius 1 is 1.61 bits per heavy atom. The molecule has 1 N–H and O–H groups in total. The van der Waals surface area contributed by atoms with Crippen molar-refractivity contribution in [2.45, 2.75) is 26.0 Å². The van der Waals surface area contributed by atoms with Crippen molar-refractivity contribution in [3.05, 3.63) is 29.0 Å². The highest BCUT2D eigenvalue weighted by molar-refractivity contribution is 7.13. The van der Waals surface area contributed by atoms with Gasteiger partial charge in [0.1, 0.15) is 5.76 Å². The number of β-amino-alcohol motifs (C(OH)–C–C–N with tert-alkyl or cyclic N) is 1. The number of aryl methyl sites for hydroxylation is 1. The van der Waals surface area contributed by atoms with Crippen molar-refractivity contribution in [2.75, 3.05) is 13.1 Å². The molecule has 0 radical (unpaired) electrons. The van der Waals surface area contributed by atoms with E-state index in [2.05, 4.69) is 9.88 Å². The quantitative estimate of drug-likeness (QED) is 0.924. The molecule has 0 spiro atoms. The molecule has 1 saturated heterocycles. The Bertz CT molecular complexity index is 521. The van der Waals surface area contributed by atoms with Crippen LogP contribution in [0.1, 0.15) is 17.9 Å². The summed E-state index contributed by atoms with van der Waals surface area (Å²) in [5, 5.41) is 11.5. The SMILES string of the molecule is Cc1oc(-c2cccs2)nc1CN1CC[C@H](O)C1. The number of nitrogens with zero attached hydrogens (tertiary/aromatic N) is 2. The lowest BCUT2D eigenvalue weighted by molar-refractivity contribution is 0.174. The molecule has 1 fully saturated rings. The van der Waals surface area contributed by atoms with Crippen molar-refractivity contribution < 1.29 is 9.52 Å². The number of hydrogen-bond donors (Lipinski definition) is 1. The van der Waals surface area contributed by atoms with E-state index < -0.39 is 0 Å². The third-order valence-electron chi connectivity index (χ3n) is 3.25. The van der Waals surface area contributed by atoms with Gasteiger partial charge in [0, 0.05) is 19.6 Å². The van der Waals surface area contributed by atoms with E-state index in [1.165, 1.54) is 0 Å². The summed E-state index contributed by atoms with van der Waals surface area (Å²) in [6.07, 6.45) is 0.670. The largest absolute Gasteiger partial charge is 0.440 e. The summed E-state index contributed by atoms with van der Waals surface area (Å²) in [6.45, 7) is 4.38. The Labute approximate surface area is 110 Å². The molecule has 4 nitrogen and oxygen atoms in total. The number of rotatable bonds is 3. The predicted molar refractivity (Wildman–Crippen MR) is 70.5 cm³/mol. The molecule has 0 aliphatic carbocycles. The molecule has 96 valence electrons. The topological polar surface area (TPSA) is 49.5 Å². The van der Waals surface area contributed by atoms with E-state index in [-0.39, 0.29) is 6.10 Å². The van der Waals surface area contributed by atoms with Crippen LogP contribution in [-0.2, 0) is 6.54 Å². The second-order valence-electron chi connectivity index (χ2n) is 4.68. The third-order valence-corrected chi connectivity index (χ3v) is 4.10. The van der Waals surface area contributed by atoms with Gasteiger partial charge in [-0.25, -0.2) is 4.98 Å². The molecule has 0 bridgehead atoms. The molecule has 3 heterocycles. The Morgan fingerprint density at radius 2 is 2.50 bits per heavy atom. The normalized spacial score (nSPS) is 20.7. The first-order valence-electron chi connectivity index (χ1n) is 6.13. The summed E-state index contributed by atoms with van der Waals surface area (Å²) in [5.74, 6) is 1.58. The van der Waals surface area contributed by atoms with Gasteiger partial charge in [-0.15, -0.1) is 11.3 Å². The fourth-order valence-corrected chi connectivity index (χ4v) is 2.90. The highest BCUT2D eigenvalue weighted by Gasteiger charge is 2.22. The Kier molecular flexibility index (Phi) is 3.20. The van der Waals surface area contributed by atoms with Gasteiger partial charge in [-0.05, 0) is 24.8 Å². The zero-order chi connectivity index (χ0) is 12.5. The van der Waals surface area contributed by atoms with Gasteiger partial charge < -0.3 is 9.52 Å². The molecule has 3 rings (SSSR count). The predicted octanol–water partition coefficient (Wildman–Crippen LogP) is 2.28. The maximum Gasteiger partial charge on any atom is 0.236 e. The average Bonchev–Trinajstić information content (AvgIpc) is 3.02. The minimum absolute atomic E-state index is 0.186. The van der Waals surface area contributed by atoms with Gasteiger partial charge >= 0.3 is 0 Å². The van der Waals surface area contributed by atoms with Crippen LogP contribution in [0.4, 0.5) is 0 Å². The fourth-order valence-electron chi connectivity index (χ4n) is 2.25. The summed E-state index contributed by atoms with van der Waals surface area (Å²) in [6, 6.07) is 4.01. The first-order chi connectivity index (χ1) is 8.72. The van der Waals surface area contributed by atoms with Crippen molar-refractivity contribution in [1.82, 2.24) is 9.88 Å². The maximum absolute atomic E-state index is 9.52. The highest BCUT2D eigenvalue weighted by Crippen LogP contribution is 2.26. The monoisotopic (exact) mass is 264 g/mol. The van der Waals surface area contributed by atoms with Crippen LogP contribution in [0.5, 0.6) is 0 Å². The van der Waals surface area contributed by atoms with Gasteiger partial charge in [-0.1, -0.05) is 6.07 Å². The molecular weight excluding hydrogens is 248 g/mol. The highest BCUT2D eigenvalue weighted by atomic mass is 32.1. The zero-order valence-corrected chi connectivity index (χ0v) is 11.1. The molecule has 18 heavy (non-hydrogen) atoms. The first-order valence-corrected chi connectivity index (χ1v) is 7.01. The van der Waals surface area contributed by atoms with Crippen LogP contribution in [0.2, 0.25) is 0 Å². The summed E-state index contributed by atoms with van der Waals surface area (Å²) < 4.78 is 5.71. The van der Waals surface area contributed by atoms with Crippen LogP contribution < -0.4 is 0 Å². The Balaban J connectivity index is 1.77. The standard InChI is InChI=1S/C13H16N2O2S/c1-9-11(8-15-5-4-10(16)7-15)14-13(17-9)12-3-2-6-18-12/h2-3,6,10,16H,4-5,7-8H2,1H3/t10-/m0/s1. The molecule has 5 heteroatoms. The van der Waals surface area contributed by atoms with Crippen LogP contribution in [-0.4, -0.2) is 34.2 Å². The summed E-state index contributed by atoms with van der Waals surface area (Å²) in [5.41, 5.74) is 0.979. The van der Waals surface area contributed by atoms with Gasteiger partial charge in [0.05, 0.1) is 16.7 Å². The van der Waals surface area contributed by atoms with Gasteiger partial charge in [0.2, 0.25) is 5.89 Å². The summed E-state index contributed by atoms with van der Waals surface area (Å²) >= 11 is 1.63. The molecule has 0 aromatic carbocycles. The van der Waals surface area contributed by atoms with Crippen LogP contribution in [0.3, 0.4) is 0 Å². The fraction of sp³-hybridized carbons (Fsp3) is 0.462. The van der Waals surface area contributed by atoms with Gasteiger partial charge in [0.15, 0.2) is 0 Å². The summed E-state index contributed by atoms with van der Waals surface area (Å²) in [7, 11) is 0. The minimum Gasteiger partial charge on any atom is -0.440 e. The number of oxazole rings is 1. The van der Waals surface area contributed by atoms with Crippen molar-refractivity contribution in [2.24, 2.45) is 0 Å². The van der Waals surface area contributed by atoms with Crippen LogP contribution in [0, 0.1) is 6.92 Å². The molecule has 2 aromatic rings. The van der Waals surface area contributed by atoms with Gasteiger partial charge in [-0.2, -0.15) is 0 Å². The van der Waals surface area contributed by atoms with E-state index in [9.17, 15) is 5.11 Å². The van der Waals surface area contributed by atoms with E-state index in [1.807, 2.05) is 24.4 Å². The maximum atomic E-state index is 9.52. The lowest BCUT2D eigenvalue weighted by Crippen LogP contribution is -2.22. The van der Waals surface area contributed by atoms with E-state index >= 15 is 0 Å². The van der Waals surface area contributed by atoms with Crippen LogP contribution in [0.15, 0.2) is 21.9 Å². The van der Waals surface area contributed by atoms with Crippen molar-refractivity contribution in [3.63, 3.8) is 0 Å². The van der Waals surface area contributed by atoms with E-state index in [0.717, 1.165) is 42.4 Å². The Morgan fingerprint density at radius 3 is 3.17 bits per heavy atom. The van der Waals surface area contributed by atoms with Crippen molar-refractivity contribution in [3.8, 4) is 10.8 Å². The van der Waals surface area contributed by atoms with Gasteiger partial charge in [0.25, 0.3) is 0 Å². The third kappa shape index (κ3) is 2.34. The molecule has 1 atom stereocenters. The second kappa shape index (κ2) is 4.84. The van der Waals surface area contributed by atoms with E-state index in [1.54, 1.807) is 11.3 Å². The van der Waals surface area contributed by atoms with Crippen LogP contribution >= 0.6 is 11.3 Å². The molecular formula is C13H16N2O2S. The molecule has 0 amide bonds. The number of aromatic nitrogens is 1. The van der Waals surface area contributed by atoms with Crippen molar-refractivity contribution >= 4 is 11.3 Å². The van der Waals surface area contributed by atoms with E-state index in [0.29, 0.717) is 5.89 Å². The molecule has 1 aliphatic heterocycles. The number of thiophene rings is 1. The summed E-state index contributed by atoms with van der Waals surface area (Å²) in [4.78, 5) is 7.84. The minimum atomic E-state index is -0.186.